The standard InChI is InChI=1S/C12H30BrFSi3/c1-11(2,3)15(7,8)17(13,14)16(9,10)12(4,5)6/h1-10H3. The minimum atomic E-state index is -2.84. The van der Waals surface area contributed by atoms with Gasteiger partial charge in [-0.1, -0.05) is 83.0 Å². The Balaban J connectivity index is 5.73. The van der Waals surface area contributed by atoms with Crippen molar-refractivity contribution in [2.45, 2.75) is 77.8 Å². The van der Waals surface area contributed by atoms with E-state index in [9.17, 15) is 0 Å². The summed E-state index contributed by atoms with van der Waals surface area (Å²) in [6.07, 6.45) is 0. The van der Waals surface area contributed by atoms with Crippen LogP contribution in [0.25, 0.3) is 0 Å². The monoisotopic (exact) mass is 356 g/mol. The van der Waals surface area contributed by atoms with Crippen molar-refractivity contribution >= 4 is 36.5 Å². The number of halogens is 2. The predicted octanol–water partition coefficient (Wildman–Crippen LogP) is 5.97. The smallest absolute Gasteiger partial charge is 0.284 e. The third-order valence-corrected chi connectivity index (χ3v) is 59.0. The topological polar surface area (TPSA) is 0 Å². The molecule has 0 aromatic rings. The Bertz CT molecular complexity index is 257. The molecule has 0 rings (SSSR count). The van der Waals surface area contributed by atoms with Gasteiger partial charge in [-0.25, -0.2) is 0 Å². The Hall–Kier alpha value is 1.06. The van der Waals surface area contributed by atoms with Crippen molar-refractivity contribution in [3.05, 3.63) is 0 Å². The second-order valence-corrected chi connectivity index (χ2v) is 39.8. The third-order valence-electron chi connectivity index (χ3n) is 5.32. The van der Waals surface area contributed by atoms with E-state index in [0.717, 1.165) is 0 Å². The molecular formula is C12H30BrFSi3. The van der Waals surface area contributed by atoms with Gasteiger partial charge in [0.05, 0.1) is 15.2 Å². The van der Waals surface area contributed by atoms with Gasteiger partial charge in [0.1, 0.15) is 0 Å². The van der Waals surface area contributed by atoms with Crippen LogP contribution in [-0.4, -0.2) is 21.2 Å². The molecular weight excluding hydrogens is 327 g/mol. The molecule has 0 heterocycles. The van der Waals surface area contributed by atoms with Crippen molar-refractivity contribution < 1.29 is 4.11 Å². The van der Waals surface area contributed by atoms with Crippen LogP contribution in [0.1, 0.15) is 41.5 Å². The van der Waals surface area contributed by atoms with E-state index in [2.05, 4.69) is 83.0 Å². The molecule has 0 unspecified atom stereocenters. The maximum absolute atomic E-state index is 15.8. The molecule has 0 aromatic carbocycles. The first-order valence-corrected chi connectivity index (χ1v) is 18.5. The van der Waals surface area contributed by atoms with Crippen LogP contribution in [0.2, 0.25) is 36.3 Å². The predicted molar refractivity (Wildman–Crippen MR) is 90.2 cm³/mol. The molecule has 0 amide bonds. The molecule has 0 nitrogen and oxygen atoms in total. The van der Waals surface area contributed by atoms with Gasteiger partial charge in [0.15, 0.2) is 0 Å². The Morgan fingerprint density at radius 1 is 0.706 bits per heavy atom. The Kier molecular flexibility index (Phi) is 4.85. The SMILES string of the molecule is CC(C)(C)[Si](C)(C)[Si](F)(Br)[Si](C)(C)C(C)(C)C. The molecule has 104 valence electrons. The van der Waals surface area contributed by atoms with Crippen LogP contribution in [0, 0.1) is 0 Å². The molecule has 5 heteroatoms. The van der Waals surface area contributed by atoms with Crippen molar-refractivity contribution in [3.8, 4) is 0 Å². The van der Waals surface area contributed by atoms with Gasteiger partial charge in [-0.15, -0.1) is 0 Å². The van der Waals surface area contributed by atoms with Crippen molar-refractivity contribution in [2.75, 3.05) is 0 Å². The first-order chi connectivity index (χ1) is 7.00. The molecule has 17 heavy (non-hydrogen) atoms. The number of hydrogen-bond donors (Lipinski definition) is 0. The highest BCUT2D eigenvalue weighted by Crippen LogP contribution is 2.54. The summed E-state index contributed by atoms with van der Waals surface area (Å²) in [6, 6.07) is -2.84. The second-order valence-electron chi connectivity index (χ2n) is 8.32. The molecule has 0 aliphatic heterocycles. The summed E-state index contributed by atoms with van der Waals surface area (Å²) in [4.78, 5) is 0. The lowest BCUT2D eigenvalue weighted by atomic mass is 10.2. The summed E-state index contributed by atoms with van der Waals surface area (Å²) in [5.41, 5.74) is 0. The molecule has 0 aliphatic rings. The summed E-state index contributed by atoms with van der Waals surface area (Å²) in [5, 5.41) is 0.236. The summed E-state index contributed by atoms with van der Waals surface area (Å²) < 4.78 is 15.8. The summed E-state index contributed by atoms with van der Waals surface area (Å²) >= 11 is 3.69. The summed E-state index contributed by atoms with van der Waals surface area (Å²) in [5.74, 6) is 0. The van der Waals surface area contributed by atoms with E-state index in [0.29, 0.717) is 0 Å². The van der Waals surface area contributed by atoms with Crippen LogP contribution in [-0.2, 0) is 0 Å². The summed E-state index contributed by atoms with van der Waals surface area (Å²) in [6.45, 7) is 22.3. The van der Waals surface area contributed by atoms with E-state index in [4.69, 9.17) is 0 Å². The lowest BCUT2D eigenvalue weighted by Crippen LogP contribution is -2.73. The zero-order valence-electron chi connectivity index (χ0n) is 13.3. The van der Waals surface area contributed by atoms with Gasteiger partial charge in [-0.05, 0) is 10.1 Å². The molecule has 0 spiro atoms. The van der Waals surface area contributed by atoms with Crippen molar-refractivity contribution in [1.29, 1.82) is 0 Å². The van der Waals surface area contributed by atoms with Crippen LogP contribution >= 0.6 is 15.3 Å². The first kappa shape index (κ1) is 18.1. The quantitative estimate of drug-likeness (QED) is 0.422. The van der Waals surface area contributed by atoms with Crippen molar-refractivity contribution in [2.24, 2.45) is 0 Å². The van der Waals surface area contributed by atoms with E-state index < -0.39 is 21.2 Å². The van der Waals surface area contributed by atoms with Gasteiger partial charge in [0.2, 0.25) is 0 Å². The largest absolute Gasteiger partial charge is 0.307 e. The number of rotatable bonds is 2. The molecule has 0 radical (unpaired) electrons. The van der Waals surface area contributed by atoms with Gasteiger partial charge in [-0.3, -0.25) is 0 Å². The van der Waals surface area contributed by atoms with Crippen LogP contribution in [0.4, 0.5) is 4.11 Å². The fourth-order valence-electron chi connectivity index (χ4n) is 1.72. The fraction of sp³-hybridized carbons (Fsp3) is 1.00. The Labute approximate surface area is 118 Å². The van der Waals surface area contributed by atoms with E-state index in [1.807, 2.05) is 0 Å². The van der Waals surface area contributed by atoms with Crippen LogP contribution < -0.4 is 0 Å². The van der Waals surface area contributed by atoms with Crippen LogP contribution in [0.3, 0.4) is 0 Å². The lowest BCUT2D eigenvalue weighted by molar-refractivity contribution is 0.711. The Morgan fingerprint density at radius 3 is 1.00 bits per heavy atom. The van der Waals surface area contributed by atoms with Crippen LogP contribution in [0.5, 0.6) is 0 Å². The molecule has 0 aromatic heterocycles. The number of hydrogen-bond acceptors (Lipinski definition) is 0. The molecule has 0 saturated heterocycles. The minimum absolute atomic E-state index is 0.118. The molecule has 0 fully saturated rings. The normalized spacial score (nSPS) is 16.2. The van der Waals surface area contributed by atoms with E-state index in [1.165, 1.54) is 0 Å². The molecule has 0 saturated carbocycles. The van der Waals surface area contributed by atoms with Crippen molar-refractivity contribution in [1.82, 2.24) is 0 Å². The van der Waals surface area contributed by atoms with Gasteiger partial charge in [0.25, 0.3) is 6.06 Å². The average molecular weight is 358 g/mol. The molecule has 0 bridgehead atoms. The summed E-state index contributed by atoms with van der Waals surface area (Å²) in [7, 11) is -3.85. The molecule has 0 atom stereocenters. The minimum Gasteiger partial charge on any atom is -0.307 e. The highest BCUT2D eigenvalue weighted by Gasteiger charge is 2.66. The molecule has 0 N–H and O–H groups in total. The van der Waals surface area contributed by atoms with E-state index >= 15 is 4.11 Å². The van der Waals surface area contributed by atoms with E-state index in [1.54, 1.807) is 0 Å². The van der Waals surface area contributed by atoms with Gasteiger partial charge >= 0.3 is 0 Å². The Morgan fingerprint density at radius 2 is 0.882 bits per heavy atom. The van der Waals surface area contributed by atoms with Gasteiger partial charge < -0.3 is 4.11 Å². The lowest BCUT2D eigenvalue weighted by Gasteiger charge is -2.53. The highest BCUT2D eigenvalue weighted by atomic mass is 79.9. The molecule has 0 aliphatic carbocycles. The van der Waals surface area contributed by atoms with E-state index in [-0.39, 0.29) is 10.1 Å². The third kappa shape index (κ3) is 2.82. The van der Waals surface area contributed by atoms with Crippen molar-refractivity contribution in [3.63, 3.8) is 0 Å². The van der Waals surface area contributed by atoms with Gasteiger partial charge in [0, 0.05) is 0 Å². The zero-order chi connectivity index (χ0) is 14.5. The average Bonchev–Trinajstić information content (AvgIpc) is 1.98. The first-order valence-electron chi connectivity index (χ1n) is 6.38. The zero-order valence-corrected chi connectivity index (χ0v) is 17.8. The van der Waals surface area contributed by atoms with Crippen LogP contribution in [0.15, 0.2) is 0 Å². The maximum atomic E-state index is 15.8. The maximum Gasteiger partial charge on any atom is 0.284 e. The highest BCUT2D eigenvalue weighted by molar-refractivity contribution is 9.29. The van der Waals surface area contributed by atoms with Gasteiger partial charge in [-0.2, -0.15) is 0 Å². The second kappa shape index (κ2) is 4.56. The fourth-order valence-corrected chi connectivity index (χ4v) is 47.0.